The lowest BCUT2D eigenvalue weighted by molar-refractivity contribution is -0.121. The van der Waals surface area contributed by atoms with Crippen molar-refractivity contribution < 1.29 is 18.7 Å². The standard InChI is InChI=1S/C33H32FN3O3/c1-39-27-17-24(18-28(19-27)40-2)30(20-33(38)36-16-14-26-7-5-6-15-35-26)31-22-37(32-9-4-3-8-29(31)32)21-23-10-12-25(34)13-11-23/h3-13,15,17-19,22,30H,14,16,20-21H2,1-2H3,(H,36,38). The Morgan fingerprint density at radius 1 is 0.950 bits per heavy atom. The third-order valence-electron chi connectivity index (χ3n) is 7.06. The molecule has 0 aliphatic rings. The Balaban J connectivity index is 1.50. The van der Waals surface area contributed by atoms with Gasteiger partial charge in [-0.1, -0.05) is 36.4 Å². The summed E-state index contributed by atoms with van der Waals surface area (Å²) in [6.45, 7) is 1.07. The van der Waals surface area contributed by atoms with E-state index in [0.29, 0.717) is 31.0 Å². The molecule has 0 radical (unpaired) electrons. The number of hydrogen-bond acceptors (Lipinski definition) is 4. The van der Waals surface area contributed by atoms with Gasteiger partial charge in [-0.15, -0.1) is 0 Å². The van der Waals surface area contributed by atoms with Gasteiger partial charge in [0.25, 0.3) is 0 Å². The smallest absolute Gasteiger partial charge is 0.220 e. The number of nitrogens with zero attached hydrogens (tertiary/aromatic N) is 2. The van der Waals surface area contributed by atoms with E-state index in [9.17, 15) is 9.18 Å². The zero-order valence-corrected chi connectivity index (χ0v) is 22.6. The van der Waals surface area contributed by atoms with Gasteiger partial charge in [0, 0.05) is 66.9 Å². The average molecular weight is 538 g/mol. The Hall–Kier alpha value is -4.65. The van der Waals surface area contributed by atoms with Gasteiger partial charge in [0.2, 0.25) is 5.91 Å². The van der Waals surface area contributed by atoms with E-state index in [0.717, 1.165) is 33.3 Å². The van der Waals surface area contributed by atoms with Gasteiger partial charge >= 0.3 is 0 Å². The predicted octanol–water partition coefficient (Wildman–Crippen LogP) is 6.12. The molecule has 5 aromatic rings. The van der Waals surface area contributed by atoms with Crippen LogP contribution in [-0.4, -0.2) is 36.2 Å². The fourth-order valence-corrected chi connectivity index (χ4v) is 5.04. The van der Waals surface area contributed by atoms with Crippen molar-refractivity contribution in [3.8, 4) is 11.5 Å². The van der Waals surface area contributed by atoms with Crippen LogP contribution >= 0.6 is 0 Å². The molecule has 1 amide bonds. The summed E-state index contributed by atoms with van der Waals surface area (Å²) in [5.74, 6) is 0.731. The first-order valence-electron chi connectivity index (χ1n) is 13.3. The number of amides is 1. The first kappa shape index (κ1) is 26.9. The second-order valence-electron chi connectivity index (χ2n) is 9.68. The Morgan fingerprint density at radius 2 is 1.68 bits per heavy atom. The van der Waals surface area contributed by atoms with Crippen LogP contribution in [0.25, 0.3) is 10.9 Å². The zero-order chi connectivity index (χ0) is 27.9. The summed E-state index contributed by atoms with van der Waals surface area (Å²) in [4.78, 5) is 17.7. The Morgan fingerprint density at radius 3 is 2.38 bits per heavy atom. The number of fused-ring (bicyclic) bond motifs is 1. The van der Waals surface area contributed by atoms with E-state index < -0.39 is 0 Å². The molecule has 3 aromatic carbocycles. The molecule has 204 valence electrons. The molecule has 0 saturated heterocycles. The predicted molar refractivity (Wildman–Crippen MR) is 154 cm³/mol. The summed E-state index contributed by atoms with van der Waals surface area (Å²) in [6.07, 6.45) is 4.75. The fraction of sp³-hybridized carbons (Fsp3) is 0.212. The molecule has 6 nitrogen and oxygen atoms in total. The van der Waals surface area contributed by atoms with Gasteiger partial charge in [0.05, 0.1) is 14.2 Å². The van der Waals surface area contributed by atoms with E-state index in [1.165, 1.54) is 12.1 Å². The molecule has 0 bridgehead atoms. The zero-order valence-electron chi connectivity index (χ0n) is 22.6. The van der Waals surface area contributed by atoms with Gasteiger partial charge in [-0.3, -0.25) is 9.78 Å². The van der Waals surface area contributed by atoms with Gasteiger partial charge in [-0.25, -0.2) is 4.39 Å². The fourth-order valence-electron chi connectivity index (χ4n) is 5.04. The minimum absolute atomic E-state index is 0.0573. The molecule has 5 rings (SSSR count). The monoisotopic (exact) mass is 537 g/mol. The summed E-state index contributed by atoms with van der Waals surface area (Å²) in [7, 11) is 3.24. The first-order chi connectivity index (χ1) is 19.5. The molecule has 2 heterocycles. The highest BCUT2D eigenvalue weighted by atomic mass is 19.1. The molecule has 1 unspecified atom stereocenters. The van der Waals surface area contributed by atoms with Crippen LogP contribution in [0.4, 0.5) is 4.39 Å². The second-order valence-corrected chi connectivity index (χ2v) is 9.68. The van der Waals surface area contributed by atoms with Crippen molar-refractivity contribution in [1.82, 2.24) is 14.9 Å². The van der Waals surface area contributed by atoms with Crippen LogP contribution < -0.4 is 14.8 Å². The van der Waals surface area contributed by atoms with Crippen molar-refractivity contribution in [3.63, 3.8) is 0 Å². The lowest BCUT2D eigenvalue weighted by Crippen LogP contribution is -2.27. The molecule has 1 N–H and O–H groups in total. The number of pyridine rings is 1. The van der Waals surface area contributed by atoms with Crippen molar-refractivity contribution >= 4 is 16.8 Å². The molecule has 0 aliphatic carbocycles. The lowest BCUT2D eigenvalue weighted by atomic mass is 9.87. The topological polar surface area (TPSA) is 65.4 Å². The molecule has 40 heavy (non-hydrogen) atoms. The number of benzene rings is 3. The van der Waals surface area contributed by atoms with Crippen LogP contribution in [0.15, 0.2) is 97.3 Å². The molecular formula is C33H32FN3O3. The summed E-state index contributed by atoms with van der Waals surface area (Å²) < 4.78 is 26.8. The van der Waals surface area contributed by atoms with Crippen molar-refractivity contribution in [2.45, 2.75) is 25.3 Å². The molecule has 2 aromatic heterocycles. The van der Waals surface area contributed by atoms with E-state index >= 15 is 0 Å². The molecular weight excluding hydrogens is 505 g/mol. The van der Waals surface area contributed by atoms with Crippen LogP contribution in [0, 0.1) is 5.82 Å². The highest BCUT2D eigenvalue weighted by Gasteiger charge is 2.24. The largest absolute Gasteiger partial charge is 0.497 e. The van der Waals surface area contributed by atoms with Crippen molar-refractivity contribution in [2.75, 3.05) is 20.8 Å². The van der Waals surface area contributed by atoms with E-state index in [-0.39, 0.29) is 24.1 Å². The quantitative estimate of drug-likeness (QED) is 0.220. The van der Waals surface area contributed by atoms with E-state index in [2.05, 4.69) is 33.2 Å². The average Bonchev–Trinajstić information content (AvgIpc) is 3.35. The lowest BCUT2D eigenvalue weighted by Gasteiger charge is -2.19. The summed E-state index contributed by atoms with van der Waals surface area (Å²) in [6, 6.07) is 26.2. The third kappa shape index (κ3) is 6.31. The van der Waals surface area contributed by atoms with Crippen LogP contribution in [0.3, 0.4) is 0 Å². The number of carbonyl (C=O) groups excluding carboxylic acids is 1. The highest BCUT2D eigenvalue weighted by Crippen LogP contribution is 2.38. The molecule has 0 saturated carbocycles. The Labute approximate surface area is 233 Å². The van der Waals surface area contributed by atoms with E-state index in [1.807, 2.05) is 48.5 Å². The Kier molecular flexibility index (Phi) is 8.40. The van der Waals surface area contributed by atoms with E-state index in [1.54, 1.807) is 32.5 Å². The number of methoxy groups -OCH3 is 2. The SMILES string of the molecule is COc1cc(OC)cc(C(CC(=O)NCCc2ccccn2)c2cn(Cc3ccc(F)cc3)c3ccccc23)c1. The van der Waals surface area contributed by atoms with Crippen molar-refractivity contribution in [3.05, 3.63) is 126 Å². The van der Waals surface area contributed by atoms with Crippen molar-refractivity contribution in [2.24, 2.45) is 0 Å². The Bertz CT molecular complexity index is 1560. The maximum absolute atomic E-state index is 13.5. The summed E-state index contributed by atoms with van der Waals surface area (Å²) >= 11 is 0. The molecule has 1 atom stereocenters. The van der Waals surface area contributed by atoms with Crippen molar-refractivity contribution in [1.29, 1.82) is 0 Å². The number of nitrogens with one attached hydrogen (secondary N) is 1. The van der Waals surface area contributed by atoms with Gasteiger partial charge in [0.1, 0.15) is 17.3 Å². The normalized spacial score (nSPS) is 11.8. The highest BCUT2D eigenvalue weighted by molar-refractivity contribution is 5.87. The maximum Gasteiger partial charge on any atom is 0.220 e. The first-order valence-corrected chi connectivity index (χ1v) is 13.3. The molecule has 0 fully saturated rings. The van der Waals surface area contributed by atoms with Gasteiger partial charge in [-0.05, 0) is 59.2 Å². The number of carbonyl (C=O) groups is 1. The van der Waals surface area contributed by atoms with Gasteiger partial charge < -0.3 is 19.4 Å². The van der Waals surface area contributed by atoms with Gasteiger partial charge in [-0.2, -0.15) is 0 Å². The number of rotatable bonds is 11. The van der Waals surface area contributed by atoms with Crippen LogP contribution in [0.5, 0.6) is 11.5 Å². The minimum atomic E-state index is -0.266. The molecule has 7 heteroatoms. The van der Waals surface area contributed by atoms with Crippen LogP contribution in [-0.2, 0) is 17.8 Å². The van der Waals surface area contributed by atoms with Gasteiger partial charge in [0.15, 0.2) is 0 Å². The van der Waals surface area contributed by atoms with E-state index in [4.69, 9.17) is 9.47 Å². The second kappa shape index (κ2) is 12.5. The third-order valence-corrected chi connectivity index (χ3v) is 7.06. The number of para-hydroxylation sites is 1. The summed E-state index contributed by atoms with van der Waals surface area (Å²) in [5, 5.41) is 4.13. The number of halogens is 1. The van der Waals surface area contributed by atoms with Crippen LogP contribution in [0.2, 0.25) is 0 Å². The number of hydrogen-bond donors (Lipinski definition) is 1. The minimum Gasteiger partial charge on any atom is -0.497 e. The summed E-state index contributed by atoms with van der Waals surface area (Å²) in [5.41, 5.74) is 4.90. The van der Waals surface area contributed by atoms with Crippen LogP contribution in [0.1, 0.15) is 34.7 Å². The number of ether oxygens (including phenoxy) is 2. The maximum atomic E-state index is 13.5. The molecule has 0 aliphatic heterocycles. The number of aromatic nitrogens is 2. The molecule has 0 spiro atoms.